The van der Waals surface area contributed by atoms with Crippen LogP contribution in [0.5, 0.6) is 0 Å². The molecule has 0 saturated carbocycles. The number of carbonyl (C=O) groups excluding carboxylic acids is 1. The molecule has 0 bridgehead atoms. The Balaban J connectivity index is 2.53. The zero-order valence-electron chi connectivity index (χ0n) is 9.78. The minimum absolute atomic E-state index is 0.0278. The van der Waals surface area contributed by atoms with E-state index in [4.69, 9.17) is 0 Å². The van der Waals surface area contributed by atoms with Crippen LogP contribution in [0.4, 0.5) is 0 Å². The number of thiazole rings is 1. The van der Waals surface area contributed by atoms with Crippen molar-refractivity contribution in [3.63, 3.8) is 0 Å². The van der Waals surface area contributed by atoms with Crippen LogP contribution in [0.1, 0.15) is 35.8 Å². The summed E-state index contributed by atoms with van der Waals surface area (Å²) in [5.74, 6) is 0.650. The van der Waals surface area contributed by atoms with E-state index < -0.39 is 0 Å². The van der Waals surface area contributed by atoms with Gasteiger partial charge in [0.1, 0.15) is 5.69 Å². The van der Waals surface area contributed by atoms with Gasteiger partial charge in [0.05, 0.1) is 5.01 Å². The first-order chi connectivity index (χ1) is 7.00. The second-order valence-electron chi connectivity index (χ2n) is 4.16. The highest BCUT2D eigenvalue weighted by molar-refractivity contribution is 7.09. The summed E-state index contributed by atoms with van der Waals surface area (Å²) in [4.78, 5) is 17.8. The molecule has 0 atom stereocenters. The molecule has 0 N–H and O–H groups in total. The van der Waals surface area contributed by atoms with E-state index in [-0.39, 0.29) is 5.91 Å². The van der Waals surface area contributed by atoms with E-state index in [1.54, 1.807) is 4.90 Å². The van der Waals surface area contributed by atoms with Crippen LogP contribution >= 0.6 is 11.3 Å². The second kappa shape index (κ2) is 5.26. The maximum absolute atomic E-state index is 11.8. The predicted molar refractivity (Wildman–Crippen MR) is 63.3 cm³/mol. The minimum Gasteiger partial charge on any atom is -0.340 e. The summed E-state index contributed by atoms with van der Waals surface area (Å²) in [6.07, 6.45) is 1.03. The lowest BCUT2D eigenvalue weighted by Crippen LogP contribution is -2.28. The molecule has 1 aromatic rings. The second-order valence-corrected chi connectivity index (χ2v) is 5.22. The molecule has 0 aliphatic rings. The molecule has 1 heterocycles. The molecule has 0 saturated heterocycles. The Bertz CT molecular complexity index is 333. The third-order valence-electron chi connectivity index (χ3n) is 2.23. The average Bonchev–Trinajstić information content (AvgIpc) is 2.60. The first-order valence-electron chi connectivity index (χ1n) is 5.18. The van der Waals surface area contributed by atoms with Crippen molar-refractivity contribution in [2.75, 3.05) is 13.6 Å². The predicted octanol–water partition coefficient (Wildman–Crippen LogP) is 2.57. The van der Waals surface area contributed by atoms with Gasteiger partial charge in [-0.15, -0.1) is 11.3 Å². The molecule has 0 radical (unpaired) electrons. The molecule has 4 heteroatoms. The minimum atomic E-state index is 0.0278. The van der Waals surface area contributed by atoms with Crippen molar-refractivity contribution in [2.45, 2.75) is 27.2 Å². The van der Waals surface area contributed by atoms with Crippen LogP contribution in [0, 0.1) is 12.8 Å². The zero-order chi connectivity index (χ0) is 11.4. The van der Waals surface area contributed by atoms with Gasteiger partial charge in [-0.1, -0.05) is 13.8 Å². The molecular weight excluding hydrogens is 208 g/mol. The fraction of sp³-hybridized carbons (Fsp3) is 0.636. The molecule has 1 rings (SSSR count). The van der Waals surface area contributed by atoms with Crippen LogP contribution < -0.4 is 0 Å². The average molecular weight is 226 g/mol. The number of hydrogen-bond acceptors (Lipinski definition) is 3. The highest BCUT2D eigenvalue weighted by atomic mass is 32.1. The number of carbonyl (C=O) groups is 1. The Kier molecular flexibility index (Phi) is 4.27. The van der Waals surface area contributed by atoms with E-state index in [1.807, 2.05) is 19.4 Å². The van der Waals surface area contributed by atoms with Crippen LogP contribution in [0.15, 0.2) is 5.38 Å². The van der Waals surface area contributed by atoms with Crippen molar-refractivity contribution in [3.05, 3.63) is 16.1 Å². The van der Waals surface area contributed by atoms with Crippen molar-refractivity contribution in [3.8, 4) is 0 Å². The van der Waals surface area contributed by atoms with Crippen molar-refractivity contribution in [1.29, 1.82) is 0 Å². The van der Waals surface area contributed by atoms with Gasteiger partial charge in [0.2, 0.25) is 0 Å². The number of aryl methyl sites for hydroxylation is 1. The van der Waals surface area contributed by atoms with Crippen molar-refractivity contribution in [1.82, 2.24) is 9.88 Å². The lowest BCUT2D eigenvalue weighted by molar-refractivity contribution is 0.0784. The molecular formula is C11H18N2OS. The molecule has 3 nitrogen and oxygen atoms in total. The van der Waals surface area contributed by atoms with Gasteiger partial charge in [0, 0.05) is 19.0 Å². The summed E-state index contributed by atoms with van der Waals surface area (Å²) < 4.78 is 0. The Morgan fingerprint density at radius 2 is 2.27 bits per heavy atom. The molecule has 1 aromatic heterocycles. The van der Waals surface area contributed by atoms with E-state index >= 15 is 0 Å². The van der Waals surface area contributed by atoms with Gasteiger partial charge in [-0.3, -0.25) is 4.79 Å². The van der Waals surface area contributed by atoms with E-state index in [1.165, 1.54) is 11.3 Å². The van der Waals surface area contributed by atoms with Crippen LogP contribution in [0.2, 0.25) is 0 Å². The lowest BCUT2D eigenvalue weighted by atomic mass is 10.1. The topological polar surface area (TPSA) is 33.2 Å². The fourth-order valence-electron chi connectivity index (χ4n) is 1.21. The highest BCUT2D eigenvalue weighted by Crippen LogP contribution is 2.10. The number of nitrogens with zero attached hydrogens (tertiary/aromatic N) is 2. The van der Waals surface area contributed by atoms with Gasteiger partial charge >= 0.3 is 0 Å². The van der Waals surface area contributed by atoms with E-state index in [0.717, 1.165) is 18.0 Å². The summed E-state index contributed by atoms with van der Waals surface area (Å²) in [6.45, 7) is 7.03. The quantitative estimate of drug-likeness (QED) is 0.790. The van der Waals surface area contributed by atoms with E-state index in [9.17, 15) is 4.79 Å². The van der Waals surface area contributed by atoms with E-state index in [2.05, 4.69) is 18.8 Å². The van der Waals surface area contributed by atoms with Crippen molar-refractivity contribution in [2.24, 2.45) is 5.92 Å². The largest absolute Gasteiger partial charge is 0.340 e. The molecule has 0 aliphatic carbocycles. The standard InChI is InChI=1S/C11H18N2OS/c1-8(2)5-6-13(4)11(14)10-7-15-9(3)12-10/h7-8H,5-6H2,1-4H3. The first kappa shape index (κ1) is 12.2. The first-order valence-corrected chi connectivity index (χ1v) is 6.06. The van der Waals surface area contributed by atoms with Gasteiger partial charge in [-0.2, -0.15) is 0 Å². The third-order valence-corrected chi connectivity index (χ3v) is 3.00. The summed E-state index contributed by atoms with van der Waals surface area (Å²) >= 11 is 1.52. The van der Waals surface area contributed by atoms with Crippen LogP contribution in [-0.4, -0.2) is 29.4 Å². The molecule has 0 aliphatic heterocycles. The zero-order valence-corrected chi connectivity index (χ0v) is 10.6. The summed E-state index contributed by atoms with van der Waals surface area (Å²) in [5.41, 5.74) is 0.573. The number of aromatic nitrogens is 1. The van der Waals surface area contributed by atoms with Gasteiger partial charge in [0.25, 0.3) is 5.91 Å². The molecule has 0 aromatic carbocycles. The number of hydrogen-bond donors (Lipinski definition) is 0. The Morgan fingerprint density at radius 3 is 2.73 bits per heavy atom. The molecule has 0 spiro atoms. The molecule has 0 fully saturated rings. The van der Waals surface area contributed by atoms with Gasteiger partial charge in [-0.05, 0) is 19.3 Å². The van der Waals surface area contributed by atoms with Crippen LogP contribution in [0.25, 0.3) is 0 Å². The molecule has 84 valence electrons. The molecule has 0 unspecified atom stereocenters. The summed E-state index contributed by atoms with van der Waals surface area (Å²) in [5, 5.41) is 2.76. The SMILES string of the molecule is Cc1nc(C(=O)N(C)CCC(C)C)cs1. The Morgan fingerprint density at radius 1 is 1.60 bits per heavy atom. The monoisotopic (exact) mass is 226 g/mol. The van der Waals surface area contributed by atoms with E-state index in [0.29, 0.717) is 11.6 Å². The third kappa shape index (κ3) is 3.63. The van der Waals surface area contributed by atoms with Gasteiger partial charge in [0.15, 0.2) is 0 Å². The number of rotatable bonds is 4. The van der Waals surface area contributed by atoms with Crippen molar-refractivity contribution < 1.29 is 4.79 Å². The van der Waals surface area contributed by atoms with Gasteiger partial charge in [-0.25, -0.2) is 4.98 Å². The van der Waals surface area contributed by atoms with Crippen LogP contribution in [0.3, 0.4) is 0 Å². The van der Waals surface area contributed by atoms with Crippen molar-refractivity contribution >= 4 is 17.2 Å². The maximum atomic E-state index is 11.8. The summed E-state index contributed by atoms with van der Waals surface area (Å²) in [6, 6.07) is 0. The highest BCUT2D eigenvalue weighted by Gasteiger charge is 2.14. The summed E-state index contributed by atoms with van der Waals surface area (Å²) in [7, 11) is 1.83. The molecule has 15 heavy (non-hydrogen) atoms. The molecule has 1 amide bonds. The van der Waals surface area contributed by atoms with Gasteiger partial charge < -0.3 is 4.90 Å². The normalized spacial score (nSPS) is 10.7. The fourth-order valence-corrected chi connectivity index (χ4v) is 1.80. The lowest BCUT2D eigenvalue weighted by Gasteiger charge is -2.16. The van der Waals surface area contributed by atoms with Crippen LogP contribution in [-0.2, 0) is 0 Å². The Hall–Kier alpha value is -0.900. The number of amides is 1. The Labute approximate surface area is 95.1 Å². The maximum Gasteiger partial charge on any atom is 0.273 e. The smallest absolute Gasteiger partial charge is 0.273 e.